The van der Waals surface area contributed by atoms with Crippen molar-refractivity contribution in [3.8, 4) is 0 Å². The predicted molar refractivity (Wildman–Crippen MR) is 115 cm³/mol. The van der Waals surface area contributed by atoms with Gasteiger partial charge in [-0.2, -0.15) is 0 Å². The molecule has 0 aliphatic rings. The Labute approximate surface area is 173 Å². The minimum Gasteiger partial charge on any atom is -0.550 e. The Bertz CT molecular complexity index is 533. The van der Waals surface area contributed by atoms with Crippen molar-refractivity contribution in [1.82, 2.24) is 0 Å². The van der Waals surface area contributed by atoms with E-state index in [1.807, 2.05) is 13.1 Å². The third-order valence-electron chi connectivity index (χ3n) is 3.76. The topological polar surface area (TPSA) is 94.1 Å². The van der Waals surface area contributed by atoms with Gasteiger partial charge in [0.1, 0.15) is 0 Å². The molecule has 0 aliphatic heterocycles. The van der Waals surface area contributed by atoms with Crippen molar-refractivity contribution in [2.45, 2.75) is 77.9 Å². The van der Waals surface area contributed by atoms with Crippen molar-refractivity contribution >= 4 is 37.4 Å². The molecule has 0 rings (SSSR count). The van der Waals surface area contributed by atoms with E-state index >= 15 is 0 Å². The van der Waals surface area contributed by atoms with Gasteiger partial charge in [-0.1, -0.05) is 26.3 Å². The van der Waals surface area contributed by atoms with Crippen molar-refractivity contribution in [2.75, 3.05) is 13.2 Å². The van der Waals surface area contributed by atoms with Gasteiger partial charge in [0.05, 0.1) is 6.61 Å². The molecule has 0 amide bonds. The summed E-state index contributed by atoms with van der Waals surface area (Å²) < 4.78 is 23.7. The summed E-state index contributed by atoms with van der Waals surface area (Å²) in [5.41, 5.74) is -0.126. The van der Waals surface area contributed by atoms with Crippen LogP contribution in [0.15, 0.2) is 12.2 Å². The highest BCUT2D eigenvalue weighted by atomic mass is 28.5. The van der Waals surface area contributed by atoms with Crippen LogP contribution in [0.4, 0.5) is 0 Å². The Morgan fingerprint density at radius 2 is 1.54 bits per heavy atom. The molecule has 0 aliphatic carbocycles. The molecule has 0 heterocycles. The molecule has 0 aromatic carbocycles. The van der Waals surface area contributed by atoms with Gasteiger partial charge in [0.2, 0.25) is 0 Å². The highest BCUT2D eigenvalue weighted by Gasteiger charge is 2.40. The van der Waals surface area contributed by atoms with Crippen LogP contribution < -0.4 is 5.11 Å². The highest BCUT2D eigenvalue weighted by molar-refractivity contribution is 6.86. The zero-order valence-electron chi connectivity index (χ0n) is 18.5. The van der Waals surface area contributed by atoms with Crippen LogP contribution in [0.5, 0.6) is 0 Å². The number of carboxylic acid groups (broad SMARTS) is 1. The third kappa shape index (κ3) is 13.4. The minimum atomic E-state index is -2.38. The Hall–Kier alpha value is -0.789. The van der Waals surface area contributed by atoms with E-state index in [-0.39, 0.29) is 12.2 Å². The minimum absolute atomic E-state index is 0.126. The summed E-state index contributed by atoms with van der Waals surface area (Å²) in [6.07, 6.45) is 2.30. The zero-order valence-corrected chi connectivity index (χ0v) is 21.5. The number of unbranched alkanes of at least 4 members (excludes halogenated alkanes) is 1. The first-order chi connectivity index (χ1) is 12.7. The van der Waals surface area contributed by atoms with Gasteiger partial charge >= 0.3 is 23.1 Å². The molecular formula is C18H37O7Si3-. The van der Waals surface area contributed by atoms with Gasteiger partial charge in [0.15, 0.2) is 8.32 Å². The quantitative estimate of drug-likeness (QED) is 0.164. The number of carbonyl (C=O) groups excluding carboxylic acids is 2. The summed E-state index contributed by atoms with van der Waals surface area (Å²) in [5, 5.41) is 10.4. The van der Waals surface area contributed by atoms with Gasteiger partial charge in [-0.3, -0.25) is 0 Å². The molecule has 28 heavy (non-hydrogen) atoms. The van der Waals surface area contributed by atoms with E-state index in [0.29, 0.717) is 13.0 Å². The Kier molecular flexibility index (Phi) is 11.7. The van der Waals surface area contributed by atoms with Gasteiger partial charge in [-0.05, 0) is 45.3 Å². The van der Waals surface area contributed by atoms with E-state index in [1.54, 1.807) is 0 Å². The maximum Gasteiger partial charge on any atom is 0.333 e. The van der Waals surface area contributed by atoms with Gasteiger partial charge < -0.3 is 27.3 Å². The lowest BCUT2D eigenvalue weighted by Crippen LogP contribution is -2.53. The largest absolute Gasteiger partial charge is 0.550 e. The lowest BCUT2D eigenvalue weighted by Gasteiger charge is -2.38. The van der Waals surface area contributed by atoms with E-state index in [4.69, 9.17) is 17.4 Å². The van der Waals surface area contributed by atoms with E-state index in [1.165, 1.54) is 6.42 Å². The number of carboxylic acids is 1. The number of aliphatic carboxylic acids is 1. The van der Waals surface area contributed by atoms with Crippen LogP contribution >= 0.6 is 0 Å². The molecule has 10 heteroatoms. The first-order valence-corrected chi connectivity index (χ1v) is 18.5. The molecule has 0 aromatic rings. The van der Waals surface area contributed by atoms with E-state index < -0.39 is 43.8 Å². The van der Waals surface area contributed by atoms with Crippen LogP contribution in [0, 0.1) is 0 Å². The van der Waals surface area contributed by atoms with Crippen molar-refractivity contribution < 1.29 is 32.1 Å². The van der Waals surface area contributed by atoms with Crippen LogP contribution in [0.25, 0.3) is 0 Å². The highest BCUT2D eigenvalue weighted by Crippen LogP contribution is 2.24. The van der Waals surface area contributed by atoms with Crippen molar-refractivity contribution in [3.05, 3.63) is 12.2 Å². The number of carbonyl (C=O) groups is 2. The maximum atomic E-state index is 11.6. The lowest BCUT2D eigenvalue weighted by molar-refractivity contribution is -0.304. The fourth-order valence-corrected chi connectivity index (χ4v) is 15.9. The number of ether oxygens (including phenoxy) is 1. The summed E-state index contributed by atoms with van der Waals surface area (Å²) in [6, 6.07) is 1.13. The van der Waals surface area contributed by atoms with E-state index in [0.717, 1.165) is 12.5 Å². The predicted octanol–water partition coefficient (Wildman–Crippen LogP) is 3.07. The fourth-order valence-electron chi connectivity index (χ4n) is 2.85. The van der Waals surface area contributed by atoms with E-state index in [9.17, 15) is 14.7 Å². The van der Waals surface area contributed by atoms with Crippen LogP contribution in [-0.4, -0.2) is 50.6 Å². The number of hydrogen-bond acceptors (Lipinski definition) is 7. The number of hydrogen-bond donors (Lipinski definition) is 0. The second-order valence-corrected chi connectivity index (χ2v) is 19.9. The second kappa shape index (κ2) is 12.0. The van der Waals surface area contributed by atoms with Crippen LogP contribution in [0.1, 0.15) is 32.6 Å². The fraction of sp³-hybridized carbons (Fsp3) is 0.778. The smallest absolute Gasteiger partial charge is 0.333 e. The summed E-state index contributed by atoms with van der Waals surface area (Å²) in [6.45, 7) is 18.7. The summed E-state index contributed by atoms with van der Waals surface area (Å²) >= 11 is 0. The standard InChI is InChI=1S/C18H38O7Si3/c1-9-10-14-26(3,4)24-28(7,8)25-27(5,6)23-13-11-12-22-18(21)16(2)15-17(19)20/h2,9-15H2,1,3-8H3,(H,19,20)/p-1. The Morgan fingerprint density at radius 3 is 2.07 bits per heavy atom. The molecule has 0 N–H and O–H groups in total. The molecule has 0 spiro atoms. The van der Waals surface area contributed by atoms with Crippen LogP contribution in [0.3, 0.4) is 0 Å². The molecule has 7 nitrogen and oxygen atoms in total. The molecule has 0 unspecified atom stereocenters. The number of esters is 1. The molecule has 0 saturated heterocycles. The normalized spacial score (nSPS) is 12.7. The van der Waals surface area contributed by atoms with Crippen molar-refractivity contribution in [3.63, 3.8) is 0 Å². The Balaban J connectivity index is 4.30. The van der Waals surface area contributed by atoms with Crippen molar-refractivity contribution in [1.29, 1.82) is 0 Å². The third-order valence-corrected chi connectivity index (χ3v) is 14.3. The maximum absolute atomic E-state index is 11.6. The Morgan fingerprint density at radius 1 is 0.929 bits per heavy atom. The molecule has 0 radical (unpaired) electrons. The second-order valence-electron chi connectivity index (χ2n) is 8.36. The molecule has 0 atom stereocenters. The average Bonchev–Trinajstić information content (AvgIpc) is 2.49. The van der Waals surface area contributed by atoms with Gasteiger partial charge in [0.25, 0.3) is 0 Å². The lowest BCUT2D eigenvalue weighted by atomic mass is 10.2. The van der Waals surface area contributed by atoms with Crippen LogP contribution in [-0.2, 0) is 27.0 Å². The summed E-state index contributed by atoms with van der Waals surface area (Å²) in [7, 11) is -6.42. The number of rotatable bonds is 15. The SMILES string of the molecule is C=C(CC(=O)[O-])C(=O)OCCCO[Si](C)(C)O[Si](C)(C)O[Si](C)(C)CCCC. The zero-order chi connectivity index (χ0) is 22.0. The van der Waals surface area contributed by atoms with Gasteiger partial charge in [-0.25, -0.2) is 4.79 Å². The first kappa shape index (κ1) is 27.2. The molecular weight excluding hydrogens is 412 g/mol. The van der Waals surface area contributed by atoms with Gasteiger partial charge in [-0.15, -0.1) is 0 Å². The molecule has 0 saturated carbocycles. The molecule has 0 bridgehead atoms. The van der Waals surface area contributed by atoms with E-state index in [2.05, 4.69) is 39.7 Å². The first-order valence-electron chi connectivity index (χ1n) is 9.79. The van der Waals surface area contributed by atoms with Crippen molar-refractivity contribution in [2.24, 2.45) is 0 Å². The molecule has 0 fully saturated rings. The van der Waals surface area contributed by atoms with Gasteiger partial charge in [0, 0.05) is 31.0 Å². The molecule has 164 valence electrons. The molecule has 0 aromatic heterocycles. The monoisotopic (exact) mass is 449 g/mol. The summed E-state index contributed by atoms with van der Waals surface area (Å²) in [5.74, 6) is -2.08. The average molecular weight is 450 g/mol. The summed E-state index contributed by atoms with van der Waals surface area (Å²) in [4.78, 5) is 22.0. The van der Waals surface area contributed by atoms with Crippen LogP contribution in [0.2, 0.25) is 45.3 Å².